The van der Waals surface area contributed by atoms with Crippen molar-refractivity contribution in [3.8, 4) is 0 Å². The minimum Gasteiger partial charge on any atom is -0.299 e. The van der Waals surface area contributed by atoms with E-state index in [0.29, 0.717) is 0 Å². The van der Waals surface area contributed by atoms with Gasteiger partial charge in [-0.1, -0.05) is 12.1 Å². The Kier molecular flexibility index (Phi) is 2.88. The van der Waals surface area contributed by atoms with Gasteiger partial charge in [0.2, 0.25) is 0 Å². The van der Waals surface area contributed by atoms with E-state index in [1.54, 1.807) is 0 Å². The van der Waals surface area contributed by atoms with E-state index in [-0.39, 0.29) is 12.1 Å². The third-order valence-electron chi connectivity index (χ3n) is 2.73. The molecule has 0 amide bonds. The molecule has 1 heterocycles. The van der Waals surface area contributed by atoms with Crippen molar-refractivity contribution < 1.29 is 17.6 Å². The second kappa shape index (κ2) is 4.05. The zero-order chi connectivity index (χ0) is 11.8. The Morgan fingerprint density at radius 1 is 1.19 bits per heavy atom. The first kappa shape index (κ1) is 11.4. The summed E-state index contributed by atoms with van der Waals surface area (Å²) in [5.74, 6) is -1.14. The van der Waals surface area contributed by atoms with Crippen LogP contribution in [0.1, 0.15) is 17.5 Å². The summed E-state index contributed by atoms with van der Waals surface area (Å²) in [7, 11) is 0. The largest absolute Gasteiger partial charge is 0.419 e. The lowest BCUT2D eigenvalue weighted by Gasteiger charge is -2.30. The molecule has 0 radical (unpaired) electrons. The third kappa shape index (κ3) is 2.19. The molecule has 0 N–H and O–H groups in total. The van der Waals surface area contributed by atoms with Crippen LogP contribution in [0.3, 0.4) is 0 Å². The van der Waals surface area contributed by atoms with Crippen LogP contribution in [0, 0.1) is 5.82 Å². The lowest BCUT2D eigenvalue weighted by atomic mass is 10.1. The van der Waals surface area contributed by atoms with Gasteiger partial charge in [0.25, 0.3) is 0 Å². The minimum absolute atomic E-state index is 0.120. The number of nitrogens with zero attached hydrogens (tertiary/aromatic N) is 1. The predicted molar refractivity (Wildman–Crippen MR) is 51.3 cm³/mol. The van der Waals surface area contributed by atoms with Crippen molar-refractivity contribution >= 4 is 0 Å². The van der Waals surface area contributed by atoms with E-state index >= 15 is 0 Å². The first-order chi connectivity index (χ1) is 7.48. The van der Waals surface area contributed by atoms with E-state index in [0.717, 1.165) is 25.6 Å². The molecule has 0 aliphatic carbocycles. The first-order valence-corrected chi connectivity index (χ1v) is 5.05. The topological polar surface area (TPSA) is 3.24 Å². The van der Waals surface area contributed by atoms with Crippen LogP contribution in [0.5, 0.6) is 0 Å². The zero-order valence-corrected chi connectivity index (χ0v) is 8.52. The van der Waals surface area contributed by atoms with E-state index in [1.165, 1.54) is 12.1 Å². The van der Waals surface area contributed by atoms with E-state index in [1.807, 2.05) is 4.90 Å². The van der Waals surface area contributed by atoms with Crippen LogP contribution in [-0.4, -0.2) is 18.0 Å². The molecular formula is C11H11F4N. The number of benzene rings is 1. The molecule has 2 rings (SSSR count). The molecule has 0 spiro atoms. The van der Waals surface area contributed by atoms with Crippen LogP contribution in [0.25, 0.3) is 0 Å². The number of alkyl halides is 3. The molecule has 0 saturated carbocycles. The predicted octanol–water partition coefficient (Wildman–Crippen LogP) is 3.05. The number of likely N-dealkylation sites (tertiary alicyclic amines) is 1. The van der Waals surface area contributed by atoms with Gasteiger partial charge in [-0.3, -0.25) is 4.90 Å². The van der Waals surface area contributed by atoms with Gasteiger partial charge in [-0.15, -0.1) is 0 Å². The van der Waals surface area contributed by atoms with Gasteiger partial charge in [0.1, 0.15) is 5.82 Å². The summed E-state index contributed by atoms with van der Waals surface area (Å²) in [5, 5.41) is 0. The van der Waals surface area contributed by atoms with Crippen molar-refractivity contribution in [1.82, 2.24) is 4.90 Å². The molecule has 5 heteroatoms. The quantitative estimate of drug-likeness (QED) is 0.709. The van der Waals surface area contributed by atoms with Crippen LogP contribution in [0.4, 0.5) is 17.6 Å². The highest BCUT2D eigenvalue weighted by atomic mass is 19.4. The molecule has 1 saturated heterocycles. The molecule has 1 aliphatic heterocycles. The number of hydrogen-bond acceptors (Lipinski definition) is 1. The Balaban J connectivity index is 2.25. The monoisotopic (exact) mass is 233 g/mol. The van der Waals surface area contributed by atoms with Gasteiger partial charge in [-0.2, -0.15) is 13.2 Å². The fraction of sp³-hybridized carbons (Fsp3) is 0.455. The molecule has 1 aromatic carbocycles. The van der Waals surface area contributed by atoms with Crippen molar-refractivity contribution in [2.75, 3.05) is 13.1 Å². The van der Waals surface area contributed by atoms with Crippen LogP contribution < -0.4 is 0 Å². The SMILES string of the molecule is Fc1c(CN2CCC2)cccc1C(F)(F)F. The summed E-state index contributed by atoms with van der Waals surface area (Å²) < 4.78 is 50.8. The number of halogens is 4. The Labute approximate surface area is 90.7 Å². The Morgan fingerprint density at radius 2 is 1.88 bits per heavy atom. The highest BCUT2D eigenvalue weighted by Gasteiger charge is 2.35. The number of rotatable bonds is 2. The van der Waals surface area contributed by atoms with Crippen molar-refractivity contribution in [2.45, 2.75) is 19.1 Å². The van der Waals surface area contributed by atoms with Gasteiger partial charge in [-0.05, 0) is 25.6 Å². The molecule has 0 atom stereocenters. The fourth-order valence-electron chi connectivity index (χ4n) is 1.70. The molecule has 1 nitrogen and oxygen atoms in total. The van der Waals surface area contributed by atoms with E-state index in [2.05, 4.69) is 0 Å². The van der Waals surface area contributed by atoms with Crippen molar-refractivity contribution in [3.05, 3.63) is 35.1 Å². The van der Waals surface area contributed by atoms with Gasteiger partial charge < -0.3 is 0 Å². The molecular weight excluding hydrogens is 222 g/mol. The maximum atomic E-state index is 13.5. The summed E-state index contributed by atoms with van der Waals surface area (Å²) in [4.78, 5) is 1.92. The maximum Gasteiger partial charge on any atom is 0.419 e. The van der Waals surface area contributed by atoms with Crippen molar-refractivity contribution in [2.24, 2.45) is 0 Å². The summed E-state index contributed by atoms with van der Waals surface area (Å²) in [5.41, 5.74) is -1.06. The molecule has 88 valence electrons. The molecule has 0 unspecified atom stereocenters. The van der Waals surface area contributed by atoms with Crippen LogP contribution >= 0.6 is 0 Å². The van der Waals surface area contributed by atoms with Gasteiger partial charge in [0.15, 0.2) is 0 Å². The fourth-order valence-corrected chi connectivity index (χ4v) is 1.70. The highest BCUT2D eigenvalue weighted by Crippen LogP contribution is 2.32. The maximum absolute atomic E-state index is 13.5. The van der Waals surface area contributed by atoms with Crippen LogP contribution in [-0.2, 0) is 12.7 Å². The van der Waals surface area contributed by atoms with Gasteiger partial charge in [0, 0.05) is 12.1 Å². The average molecular weight is 233 g/mol. The first-order valence-electron chi connectivity index (χ1n) is 5.05. The normalized spacial score (nSPS) is 17.2. The van der Waals surface area contributed by atoms with Gasteiger partial charge in [-0.25, -0.2) is 4.39 Å². The van der Waals surface area contributed by atoms with Crippen molar-refractivity contribution in [1.29, 1.82) is 0 Å². The number of hydrogen-bond donors (Lipinski definition) is 0. The van der Waals surface area contributed by atoms with Crippen LogP contribution in [0.2, 0.25) is 0 Å². The summed E-state index contributed by atoms with van der Waals surface area (Å²) in [6.07, 6.45) is -3.59. The second-order valence-corrected chi connectivity index (χ2v) is 3.91. The summed E-state index contributed by atoms with van der Waals surface area (Å²) >= 11 is 0. The van der Waals surface area contributed by atoms with E-state index < -0.39 is 17.6 Å². The Bertz CT molecular complexity index is 382. The molecule has 0 aromatic heterocycles. The Morgan fingerprint density at radius 3 is 2.38 bits per heavy atom. The lowest BCUT2D eigenvalue weighted by Crippen LogP contribution is -2.36. The van der Waals surface area contributed by atoms with Crippen molar-refractivity contribution in [3.63, 3.8) is 0 Å². The lowest BCUT2D eigenvalue weighted by molar-refractivity contribution is -0.140. The summed E-state index contributed by atoms with van der Waals surface area (Å²) in [6.45, 7) is 1.92. The summed E-state index contributed by atoms with van der Waals surface area (Å²) in [6, 6.07) is 3.43. The highest BCUT2D eigenvalue weighted by molar-refractivity contribution is 5.28. The molecule has 1 aromatic rings. The van der Waals surface area contributed by atoms with E-state index in [4.69, 9.17) is 0 Å². The molecule has 0 bridgehead atoms. The van der Waals surface area contributed by atoms with E-state index in [9.17, 15) is 17.6 Å². The third-order valence-corrected chi connectivity index (χ3v) is 2.73. The molecule has 1 aliphatic rings. The average Bonchev–Trinajstić information content (AvgIpc) is 2.11. The van der Waals surface area contributed by atoms with Crippen LogP contribution in [0.15, 0.2) is 18.2 Å². The Hall–Kier alpha value is -1.10. The zero-order valence-electron chi connectivity index (χ0n) is 8.52. The van der Waals surface area contributed by atoms with Gasteiger partial charge in [0.05, 0.1) is 5.56 Å². The molecule has 16 heavy (non-hydrogen) atoms. The van der Waals surface area contributed by atoms with Gasteiger partial charge >= 0.3 is 6.18 Å². The minimum atomic E-state index is -4.62. The second-order valence-electron chi connectivity index (χ2n) is 3.91. The standard InChI is InChI=1S/C11H11F4N/c12-10-8(7-16-5-2-6-16)3-1-4-9(10)11(13,14)15/h1,3-4H,2,5-7H2. The molecule has 1 fully saturated rings. The smallest absolute Gasteiger partial charge is 0.299 e.